The number of aromatic nitrogens is 3. The Morgan fingerprint density at radius 3 is 2.21 bits per heavy atom. The molecule has 0 radical (unpaired) electrons. The Morgan fingerprint density at radius 1 is 0.792 bits per heavy atom. The van der Waals surface area contributed by atoms with Gasteiger partial charge in [0.15, 0.2) is 0 Å². The van der Waals surface area contributed by atoms with E-state index in [-0.39, 0.29) is 114 Å². The Morgan fingerprint density at radius 2 is 1.49 bits per heavy atom. The molecule has 4 amide bonds. The molecule has 0 atom stereocenters. The predicted molar refractivity (Wildman–Crippen MR) is 278 cm³/mol. The first-order valence-corrected chi connectivity index (χ1v) is 23.9. The van der Waals surface area contributed by atoms with E-state index in [0.717, 1.165) is 45.4 Å². The molecule has 0 bridgehead atoms. The molecule has 1 aliphatic heterocycles. The molecule has 2 aromatic heterocycles. The van der Waals surface area contributed by atoms with Crippen LogP contribution in [0.5, 0.6) is 0 Å². The number of carbonyl (C=O) groups is 4. The van der Waals surface area contributed by atoms with Gasteiger partial charge < -0.3 is 24.6 Å². The zero-order chi connectivity index (χ0) is 49.4. The fraction of sp³-hybridized carbons (Fsp3) is 0.268. The van der Waals surface area contributed by atoms with Gasteiger partial charge in [0.05, 0.1) is 29.9 Å². The lowest BCUT2D eigenvalue weighted by atomic mass is 9.98. The number of hydrogen-bond acceptors (Lipinski definition) is 9. The van der Waals surface area contributed by atoms with Gasteiger partial charge >= 0.3 is 6.09 Å². The Labute approximate surface area is 423 Å². The number of nitrogens with one attached hydrogen (secondary N) is 2. The summed E-state index contributed by atoms with van der Waals surface area (Å²) in [7, 11) is 0. The minimum absolute atomic E-state index is 0. The highest BCUT2D eigenvalue weighted by Gasteiger charge is 2.32. The maximum Gasteiger partial charge on any atom is 0.410 e. The van der Waals surface area contributed by atoms with E-state index in [1.54, 1.807) is 35.4 Å². The lowest BCUT2D eigenvalue weighted by Gasteiger charge is -2.36. The molecular formula is C56H56FN7O7S. The number of pyridine rings is 1. The first kappa shape index (κ1) is 50.7. The largest absolute Gasteiger partial charge is 0.448 e. The third-order valence-corrected chi connectivity index (χ3v) is 13.2. The van der Waals surface area contributed by atoms with E-state index in [1.807, 2.05) is 67.6 Å². The smallest absolute Gasteiger partial charge is 0.410 e. The molecule has 1 aliphatic carbocycles. The summed E-state index contributed by atoms with van der Waals surface area (Å²) in [6, 6.07) is 37.7. The van der Waals surface area contributed by atoms with E-state index in [2.05, 4.69) is 51.7 Å². The van der Waals surface area contributed by atoms with Crippen molar-refractivity contribution >= 4 is 48.1 Å². The monoisotopic (exact) mass is 989 g/mol. The minimum Gasteiger partial charge on any atom is -0.448 e. The van der Waals surface area contributed by atoms with E-state index >= 15 is 4.39 Å². The average molecular weight is 990 g/mol. The number of rotatable bonds is 16. The van der Waals surface area contributed by atoms with Crippen LogP contribution in [-0.4, -0.2) is 119 Å². The third-order valence-electron chi connectivity index (χ3n) is 13.2. The van der Waals surface area contributed by atoms with E-state index in [9.17, 15) is 24.0 Å². The molecule has 1 fully saturated rings. The number of ether oxygens (including phenoxy) is 2. The molecule has 0 unspecified atom stereocenters. The number of fused-ring (bicyclic) bond motifs is 4. The molecule has 0 spiro atoms. The van der Waals surface area contributed by atoms with Gasteiger partial charge in [-0.3, -0.25) is 29.1 Å². The second-order valence-corrected chi connectivity index (χ2v) is 17.7. The molecule has 72 heavy (non-hydrogen) atoms. The van der Waals surface area contributed by atoms with Crippen LogP contribution in [0.2, 0.25) is 0 Å². The second kappa shape index (κ2) is 23.0. The highest BCUT2D eigenvalue weighted by molar-refractivity contribution is 7.59. The number of amides is 4. The van der Waals surface area contributed by atoms with Crippen LogP contribution < -0.4 is 10.9 Å². The summed E-state index contributed by atoms with van der Waals surface area (Å²) in [5.41, 5.74) is 9.31. The number of carbonyl (C=O) groups excluding carboxylic acids is 4. The first-order chi connectivity index (χ1) is 34.6. The number of benzene rings is 5. The Kier molecular flexibility index (Phi) is 16.2. The fourth-order valence-electron chi connectivity index (χ4n) is 9.40. The van der Waals surface area contributed by atoms with Crippen molar-refractivity contribution in [3.8, 4) is 22.3 Å². The molecule has 7 aromatic rings. The Hall–Kier alpha value is -7.69. The highest BCUT2D eigenvalue weighted by atomic mass is 32.1. The summed E-state index contributed by atoms with van der Waals surface area (Å²) in [6.07, 6.45) is 2.19. The zero-order valence-electron chi connectivity index (χ0n) is 40.2. The average Bonchev–Trinajstić information content (AvgIpc) is 3.72. The quantitative estimate of drug-likeness (QED) is 0.0924. The summed E-state index contributed by atoms with van der Waals surface area (Å²) in [5.74, 6) is -2.06. The number of halogens is 1. The van der Waals surface area contributed by atoms with Crippen LogP contribution in [0.1, 0.15) is 67.2 Å². The number of aryl methyl sites for hydroxylation is 2. The van der Waals surface area contributed by atoms with Gasteiger partial charge in [-0.05, 0) is 82.1 Å². The molecule has 2 N–H and O–H groups in total. The minimum atomic E-state index is -0.683. The number of aromatic amines is 1. The molecule has 0 saturated carbocycles. The number of piperazine rings is 1. The van der Waals surface area contributed by atoms with Crippen LogP contribution in [0.15, 0.2) is 132 Å². The molecule has 370 valence electrons. The van der Waals surface area contributed by atoms with Crippen molar-refractivity contribution in [1.82, 2.24) is 35.2 Å². The van der Waals surface area contributed by atoms with Crippen molar-refractivity contribution in [3.63, 3.8) is 0 Å². The van der Waals surface area contributed by atoms with Gasteiger partial charge in [-0.1, -0.05) is 104 Å². The normalized spacial score (nSPS) is 13.0. The summed E-state index contributed by atoms with van der Waals surface area (Å²) in [6.45, 7) is 4.72. The van der Waals surface area contributed by atoms with Crippen LogP contribution in [0.25, 0.3) is 33.0 Å². The standard InChI is InChI=1S/C56H54FN7O7.H2S/c1-3-37-11-10-12-39(30-37)40-29-36(2)52(59-33-40)54(67)58-21-27-70-28-26-64(56(69)71-35-48-43-15-6-4-13-41(43)42-14-5-7-16-44(42)48)34-51(65)62-22-24-63(25-23-62)55(68)47-31-38(19-20-49(47)57)32-50-45-17-8-9-18-46(45)53(66)61-60-50;/h4-20,29-31,33,48H,3,21-28,32,34-35H2,1-2H3,(H,58,67)(H,61,66);1H2. The van der Waals surface area contributed by atoms with E-state index in [4.69, 9.17) is 9.47 Å². The molecule has 9 rings (SSSR count). The molecule has 14 nitrogen and oxygen atoms in total. The van der Waals surface area contributed by atoms with Crippen molar-refractivity contribution in [3.05, 3.63) is 188 Å². The molecule has 16 heteroatoms. The Balaban J connectivity index is 0.00000693. The van der Waals surface area contributed by atoms with Crippen LogP contribution in [0.4, 0.5) is 9.18 Å². The van der Waals surface area contributed by atoms with Gasteiger partial charge in [0.1, 0.15) is 24.7 Å². The maximum absolute atomic E-state index is 15.3. The van der Waals surface area contributed by atoms with Crippen molar-refractivity contribution in [2.45, 2.75) is 32.6 Å². The van der Waals surface area contributed by atoms with Crippen molar-refractivity contribution in [2.75, 3.05) is 65.6 Å². The highest BCUT2D eigenvalue weighted by Crippen LogP contribution is 2.44. The van der Waals surface area contributed by atoms with Gasteiger partial charge in [-0.2, -0.15) is 18.6 Å². The van der Waals surface area contributed by atoms with Crippen LogP contribution >= 0.6 is 13.5 Å². The molecule has 5 aromatic carbocycles. The molecular weight excluding hydrogens is 934 g/mol. The fourth-order valence-corrected chi connectivity index (χ4v) is 9.40. The van der Waals surface area contributed by atoms with Crippen LogP contribution in [-0.2, 0) is 27.1 Å². The molecule has 1 saturated heterocycles. The van der Waals surface area contributed by atoms with Crippen LogP contribution in [0.3, 0.4) is 0 Å². The number of H-pyrrole nitrogens is 1. The van der Waals surface area contributed by atoms with E-state index in [1.165, 1.54) is 27.5 Å². The number of nitrogens with zero attached hydrogens (tertiary/aromatic N) is 5. The maximum atomic E-state index is 15.3. The van der Waals surface area contributed by atoms with Gasteiger partial charge in [0.2, 0.25) is 5.91 Å². The SMILES string of the molecule is CCc1cccc(-c2cnc(C(=O)NCCOCCN(CC(=O)N3CCN(C(=O)c4cc(Cc5n[nH]c(=O)c6ccccc56)ccc4F)CC3)C(=O)OCC3c4ccccc4-c4ccccc43)c(C)c2)c1.S. The van der Waals surface area contributed by atoms with E-state index in [0.29, 0.717) is 27.7 Å². The van der Waals surface area contributed by atoms with Crippen molar-refractivity contribution < 1.29 is 33.0 Å². The van der Waals surface area contributed by atoms with E-state index < -0.39 is 17.8 Å². The van der Waals surface area contributed by atoms with Gasteiger partial charge in [0, 0.05) is 68.8 Å². The van der Waals surface area contributed by atoms with Crippen molar-refractivity contribution in [1.29, 1.82) is 0 Å². The summed E-state index contributed by atoms with van der Waals surface area (Å²) in [5, 5.41) is 10.8. The zero-order valence-corrected chi connectivity index (χ0v) is 41.2. The summed E-state index contributed by atoms with van der Waals surface area (Å²) >= 11 is 0. The van der Waals surface area contributed by atoms with Gasteiger partial charge in [0.25, 0.3) is 17.4 Å². The third kappa shape index (κ3) is 11.2. The first-order valence-electron chi connectivity index (χ1n) is 23.9. The lowest BCUT2D eigenvalue weighted by Crippen LogP contribution is -2.53. The second-order valence-electron chi connectivity index (χ2n) is 17.7. The molecule has 2 aliphatic rings. The number of hydrogen-bond donors (Lipinski definition) is 2. The Bertz CT molecular complexity index is 3150. The topological polar surface area (TPSA) is 167 Å². The van der Waals surface area contributed by atoms with Gasteiger partial charge in [-0.15, -0.1) is 0 Å². The van der Waals surface area contributed by atoms with Crippen LogP contribution in [0, 0.1) is 12.7 Å². The lowest BCUT2D eigenvalue weighted by molar-refractivity contribution is -0.133. The van der Waals surface area contributed by atoms with Gasteiger partial charge in [-0.25, -0.2) is 14.3 Å². The summed E-state index contributed by atoms with van der Waals surface area (Å²) < 4.78 is 27.1. The predicted octanol–water partition coefficient (Wildman–Crippen LogP) is 7.68. The summed E-state index contributed by atoms with van der Waals surface area (Å²) in [4.78, 5) is 76.0. The van der Waals surface area contributed by atoms with Crippen molar-refractivity contribution in [2.24, 2.45) is 0 Å². The molecule has 3 heterocycles.